The van der Waals surface area contributed by atoms with Crippen LogP contribution in [0.1, 0.15) is 23.7 Å². The number of methoxy groups -OCH3 is 1. The van der Waals surface area contributed by atoms with E-state index in [-0.39, 0.29) is 16.9 Å². The summed E-state index contributed by atoms with van der Waals surface area (Å²) in [4.78, 5) is 23.8. The molecule has 0 aliphatic carbocycles. The van der Waals surface area contributed by atoms with Crippen molar-refractivity contribution in [3.8, 4) is 5.75 Å². The lowest BCUT2D eigenvalue weighted by molar-refractivity contribution is -0.115. The summed E-state index contributed by atoms with van der Waals surface area (Å²) >= 11 is 8.51. The van der Waals surface area contributed by atoms with Gasteiger partial charge >= 0.3 is 0 Å². The zero-order valence-corrected chi connectivity index (χ0v) is 16.7. The third-order valence-corrected chi connectivity index (χ3v) is 4.08. The first-order valence-corrected chi connectivity index (χ1v) is 8.99. The second-order valence-electron chi connectivity index (χ2n) is 5.23. The average Bonchev–Trinajstić information content (AvgIpc) is 2.63. The maximum absolute atomic E-state index is 12.4. The molecule has 0 aliphatic rings. The third-order valence-electron chi connectivity index (χ3n) is 3.38. The number of ether oxygens (including phenoxy) is 1. The minimum atomic E-state index is -0.382. The maximum Gasteiger partial charge on any atom is 0.261 e. The first kappa shape index (κ1) is 19.9. The van der Waals surface area contributed by atoms with Gasteiger partial charge < -0.3 is 15.4 Å². The molecule has 26 heavy (non-hydrogen) atoms. The molecule has 6 nitrogen and oxygen atoms in total. The van der Waals surface area contributed by atoms with Crippen LogP contribution in [0, 0.1) is 0 Å². The van der Waals surface area contributed by atoms with Gasteiger partial charge in [-0.25, -0.2) is 0 Å². The molecular formula is C18H18BrN3O3S. The fourth-order valence-corrected chi connectivity index (χ4v) is 2.65. The molecule has 0 atom stereocenters. The number of benzene rings is 2. The SMILES string of the molecule is CCC(=O)Nc1ccc(NC(=S)NC(=O)c2cc(Br)ccc2OC)cc1. The molecule has 2 aromatic rings. The van der Waals surface area contributed by atoms with Crippen LogP contribution in [0.25, 0.3) is 0 Å². The Kier molecular flexibility index (Phi) is 7.11. The first-order valence-electron chi connectivity index (χ1n) is 7.78. The van der Waals surface area contributed by atoms with Crippen LogP contribution >= 0.6 is 28.1 Å². The molecule has 0 spiro atoms. The Labute approximate surface area is 165 Å². The molecule has 2 rings (SSSR count). The second kappa shape index (κ2) is 9.30. The number of thiocarbonyl (C=S) groups is 1. The maximum atomic E-state index is 12.4. The summed E-state index contributed by atoms with van der Waals surface area (Å²) in [6.45, 7) is 1.78. The Balaban J connectivity index is 1.99. The van der Waals surface area contributed by atoms with E-state index in [2.05, 4.69) is 31.9 Å². The lowest BCUT2D eigenvalue weighted by atomic mass is 10.2. The van der Waals surface area contributed by atoms with Crippen molar-refractivity contribution in [1.29, 1.82) is 0 Å². The summed E-state index contributed by atoms with van der Waals surface area (Å²) in [6, 6.07) is 12.1. The number of anilines is 2. The zero-order chi connectivity index (χ0) is 19.1. The van der Waals surface area contributed by atoms with Crippen LogP contribution in [0.4, 0.5) is 11.4 Å². The van der Waals surface area contributed by atoms with E-state index in [0.29, 0.717) is 29.1 Å². The van der Waals surface area contributed by atoms with Gasteiger partial charge in [-0.15, -0.1) is 0 Å². The van der Waals surface area contributed by atoms with Gasteiger partial charge in [0.25, 0.3) is 5.91 Å². The summed E-state index contributed by atoms with van der Waals surface area (Å²) in [6.07, 6.45) is 0.412. The van der Waals surface area contributed by atoms with Crippen LogP contribution in [0.5, 0.6) is 5.75 Å². The number of hydrogen-bond donors (Lipinski definition) is 3. The Bertz CT molecular complexity index is 825. The molecule has 0 bridgehead atoms. The van der Waals surface area contributed by atoms with E-state index in [9.17, 15) is 9.59 Å². The lowest BCUT2D eigenvalue weighted by Crippen LogP contribution is -2.34. The van der Waals surface area contributed by atoms with Crippen molar-refractivity contribution in [2.45, 2.75) is 13.3 Å². The van der Waals surface area contributed by atoms with Crippen molar-refractivity contribution in [3.63, 3.8) is 0 Å². The smallest absolute Gasteiger partial charge is 0.261 e. The van der Waals surface area contributed by atoms with Crippen molar-refractivity contribution >= 4 is 56.4 Å². The molecule has 0 heterocycles. The summed E-state index contributed by atoms with van der Waals surface area (Å²) in [5.41, 5.74) is 1.74. The molecule has 136 valence electrons. The van der Waals surface area contributed by atoms with Crippen molar-refractivity contribution in [2.75, 3.05) is 17.7 Å². The number of hydrogen-bond acceptors (Lipinski definition) is 4. The summed E-state index contributed by atoms with van der Waals surface area (Å²) in [7, 11) is 1.50. The van der Waals surface area contributed by atoms with Gasteiger partial charge in [0, 0.05) is 22.3 Å². The average molecular weight is 436 g/mol. The molecule has 2 amide bonds. The molecule has 0 fully saturated rings. The zero-order valence-electron chi connectivity index (χ0n) is 14.3. The van der Waals surface area contributed by atoms with Crippen LogP contribution in [-0.2, 0) is 4.79 Å². The Morgan fingerprint density at radius 2 is 1.69 bits per heavy atom. The Morgan fingerprint density at radius 3 is 2.27 bits per heavy atom. The van der Waals surface area contributed by atoms with Crippen LogP contribution in [-0.4, -0.2) is 24.0 Å². The lowest BCUT2D eigenvalue weighted by Gasteiger charge is -2.12. The molecule has 0 radical (unpaired) electrons. The molecule has 0 aromatic heterocycles. The van der Waals surface area contributed by atoms with Crippen molar-refractivity contribution in [1.82, 2.24) is 5.32 Å². The molecule has 0 saturated carbocycles. The molecule has 0 unspecified atom stereocenters. The second-order valence-corrected chi connectivity index (χ2v) is 6.56. The molecule has 0 aliphatic heterocycles. The number of amides is 2. The van der Waals surface area contributed by atoms with E-state index >= 15 is 0 Å². The normalized spacial score (nSPS) is 9.96. The van der Waals surface area contributed by atoms with Crippen LogP contribution in [0.3, 0.4) is 0 Å². The molecule has 0 saturated heterocycles. The van der Waals surface area contributed by atoms with E-state index in [1.54, 1.807) is 49.4 Å². The monoisotopic (exact) mass is 435 g/mol. The van der Waals surface area contributed by atoms with E-state index in [1.807, 2.05) is 0 Å². The van der Waals surface area contributed by atoms with E-state index in [0.717, 1.165) is 4.47 Å². The first-order chi connectivity index (χ1) is 12.4. The van der Waals surface area contributed by atoms with E-state index < -0.39 is 0 Å². The predicted molar refractivity (Wildman–Crippen MR) is 110 cm³/mol. The molecule has 8 heteroatoms. The number of carbonyl (C=O) groups excluding carboxylic acids is 2. The number of rotatable bonds is 5. The summed E-state index contributed by atoms with van der Waals surface area (Å²) < 4.78 is 5.95. The summed E-state index contributed by atoms with van der Waals surface area (Å²) in [5.74, 6) is 0.00783. The van der Waals surface area contributed by atoms with Gasteiger partial charge in [-0.1, -0.05) is 22.9 Å². The molecule has 2 aromatic carbocycles. The van der Waals surface area contributed by atoms with Crippen LogP contribution < -0.4 is 20.7 Å². The highest BCUT2D eigenvalue weighted by Crippen LogP contribution is 2.23. The van der Waals surface area contributed by atoms with Gasteiger partial charge in [0.2, 0.25) is 5.91 Å². The standard InChI is InChI=1S/C18H18BrN3O3S/c1-3-16(23)20-12-5-7-13(8-6-12)21-18(26)22-17(24)14-10-11(19)4-9-15(14)25-2/h4-10H,3H2,1-2H3,(H,20,23)(H2,21,22,24,26). The molecular weight excluding hydrogens is 418 g/mol. The number of nitrogens with one attached hydrogen (secondary N) is 3. The van der Waals surface area contributed by atoms with Crippen LogP contribution in [0.15, 0.2) is 46.9 Å². The van der Waals surface area contributed by atoms with Crippen molar-refractivity contribution in [2.24, 2.45) is 0 Å². The van der Waals surface area contributed by atoms with Crippen molar-refractivity contribution < 1.29 is 14.3 Å². The highest BCUT2D eigenvalue weighted by Gasteiger charge is 2.14. The number of halogens is 1. The minimum absolute atomic E-state index is 0.0588. The third kappa shape index (κ3) is 5.53. The van der Waals surface area contributed by atoms with Gasteiger partial charge in [0.1, 0.15) is 5.75 Å². The van der Waals surface area contributed by atoms with Gasteiger partial charge in [0.15, 0.2) is 5.11 Å². The fraction of sp³-hybridized carbons (Fsp3) is 0.167. The Morgan fingerprint density at radius 1 is 1.08 bits per heavy atom. The van der Waals surface area contributed by atoms with Gasteiger partial charge in [-0.3, -0.25) is 14.9 Å². The van der Waals surface area contributed by atoms with Gasteiger partial charge in [-0.05, 0) is 54.7 Å². The van der Waals surface area contributed by atoms with E-state index in [4.69, 9.17) is 17.0 Å². The van der Waals surface area contributed by atoms with Crippen molar-refractivity contribution in [3.05, 3.63) is 52.5 Å². The fourth-order valence-electron chi connectivity index (χ4n) is 2.08. The Hall–Kier alpha value is -2.45. The van der Waals surface area contributed by atoms with E-state index in [1.165, 1.54) is 7.11 Å². The van der Waals surface area contributed by atoms with Crippen LogP contribution in [0.2, 0.25) is 0 Å². The highest BCUT2D eigenvalue weighted by molar-refractivity contribution is 9.10. The number of carbonyl (C=O) groups is 2. The predicted octanol–water partition coefficient (Wildman–Crippen LogP) is 3.93. The summed E-state index contributed by atoms with van der Waals surface area (Å²) in [5, 5.41) is 8.45. The topological polar surface area (TPSA) is 79.5 Å². The molecule has 3 N–H and O–H groups in total. The minimum Gasteiger partial charge on any atom is -0.496 e. The quantitative estimate of drug-likeness (QED) is 0.619. The largest absolute Gasteiger partial charge is 0.496 e. The highest BCUT2D eigenvalue weighted by atomic mass is 79.9. The van der Waals surface area contributed by atoms with Gasteiger partial charge in [0.05, 0.1) is 12.7 Å². The van der Waals surface area contributed by atoms with Gasteiger partial charge in [-0.2, -0.15) is 0 Å².